The minimum Gasteiger partial charge on any atom is -0.493 e. The molecule has 2 atom stereocenters. The summed E-state index contributed by atoms with van der Waals surface area (Å²) < 4.78 is 21.7. The smallest absolute Gasteiger partial charge is 0.163 e. The Labute approximate surface area is 108 Å². The third-order valence-electron chi connectivity index (χ3n) is 3.66. The van der Waals surface area contributed by atoms with Crippen LogP contribution in [0, 0.1) is 0 Å². The molecular weight excluding hydrogens is 233 g/mol. The van der Waals surface area contributed by atoms with Crippen molar-refractivity contribution in [3.05, 3.63) is 11.9 Å². The first-order chi connectivity index (χ1) is 8.54. The van der Waals surface area contributed by atoms with Crippen LogP contribution in [0.5, 0.6) is 5.75 Å². The first-order valence-electron chi connectivity index (χ1n) is 6.53. The monoisotopic (exact) mass is 255 g/mol. The molecule has 5 heteroatoms. The summed E-state index contributed by atoms with van der Waals surface area (Å²) in [6.45, 7) is 2.60. The highest BCUT2D eigenvalue weighted by Crippen LogP contribution is 2.37. The lowest BCUT2D eigenvalue weighted by molar-refractivity contribution is 0.131. The molecule has 1 N–H and O–H groups in total. The number of nitrogens with zero attached hydrogens (tertiary/aromatic N) is 2. The largest absolute Gasteiger partial charge is 0.493 e. The van der Waals surface area contributed by atoms with E-state index < -0.39 is 5.67 Å². The first-order valence-corrected chi connectivity index (χ1v) is 6.53. The van der Waals surface area contributed by atoms with E-state index in [9.17, 15) is 4.39 Å². The van der Waals surface area contributed by atoms with Crippen LogP contribution in [-0.4, -0.2) is 29.5 Å². The van der Waals surface area contributed by atoms with Crippen molar-refractivity contribution in [2.75, 3.05) is 13.7 Å². The van der Waals surface area contributed by atoms with Crippen molar-refractivity contribution < 1.29 is 9.13 Å². The maximum Gasteiger partial charge on any atom is 0.163 e. The van der Waals surface area contributed by atoms with Crippen LogP contribution in [0.15, 0.2) is 6.20 Å². The Hall–Kier alpha value is -1.10. The molecule has 2 unspecified atom stereocenters. The lowest BCUT2D eigenvalue weighted by atomic mass is 9.90. The minimum atomic E-state index is -1.42. The number of rotatable bonds is 4. The summed E-state index contributed by atoms with van der Waals surface area (Å²) >= 11 is 0. The lowest BCUT2D eigenvalue weighted by Crippen LogP contribution is -2.39. The van der Waals surface area contributed by atoms with Gasteiger partial charge in [0.05, 0.1) is 13.3 Å². The van der Waals surface area contributed by atoms with E-state index in [0.29, 0.717) is 17.9 Å². The fourth-order valence-corrected chi connectivity index (χ4v) is 2.82. The van der Waals surface area contributed by atoms with E-state index in [1.54, 1.807) is 32.0 Å². The van der Waals surface area contributed by atoms with Crippen LogP contribution in [0.1, 0.15) is 38.3 Å². The Morgan fingerprint density at radius 2 is 2.39 bits per heavy atom. The standard InChI is InChI=1S/C13H22FN3O/c1-13(14,8-10-6-4-5-7-15-10)12-11(18-3)9-16-17(12)2/h9-10,15H,4-8H2,1-3H3. The molecule has 0 aromatic carbocycles. The van der Waals surface area contributed by atoms with Gasteiger partial charge in [-0.1, -0.05) is 6.42 Å². The van der Waals surface area contributed by atoms with Crippen molar-refractivity contribution in [3.63, 3.8) is 0 Å². The second kappa shape index (κ2) is 5.26. The van der Waals surface area contributed by atoms with Gasteiger partial charge in [-0.15, -0.1) is 0 Å². The van der Waals surface area contributed by atoms with Crippen LogP contribution in [-0.2, 0) is 12.7 Å². The summed E-state index contributed by atoms with van der Waals surface area (Å²) in [6.07, 6.45) is 5.44. The Balaban J connectivity index is 2.15. The SMILES string of the molecule is COc1cnn(C)c1C(C)(F)CC1CCCCN1. The van der Waals surface area contributed by atoms with E-state index in [1.165, 1.54) is 12.8 Å². The molecule has 0 amide bonds. The van der Waals surface area contributed by atoms with E-state index >= 15 is 0 Å². The molecule has 1 aliphatic rings. The van der Waals surface area contributed by atoms with Crippen LogP contribution in [0.25, 0.3) is 0 Å². The maximum atomic E-state index is 15.0. The summed E-state index contributed by atoms with van der Waals surface area (Å²) in [5, 5.41) is 7.46. The zero-order chi connectivity index (χ0) is 13.2. The summed E-state index contributed by atoms with van der Waals surface area (Å²) in [5.74, 6) is 0.526. The predicted octanol–water partition coefficient (Wildman–Crippen LogP) is 2.15. The number of piperidine rings is 1. The summed E-state index contributed by atoms with van der Waals surface area (Å²) in [7, 11) is 3.30. The van der Waals surface area contributed by atoms with Crippen molar-refractivity contribution in [2.24, 2.45) is 7.05 Å². The molecule has 1 saturated heterocycles. The number of hydrogen-bond acceptors (Lipinski definition) is 3. The van der Waals surface area contributed by atoms with Crippen LogP contribution in [0.4, 0.5) is 4.39 Å². The zero-order valence-corrected chi connectivity index (χ0v) is 11.4. The number of aryl methyl sites for hydroxylation is 1. The lowest BCUT2D eigenvalue weighted by Gasteiger charge is -2.30. The van der Waals surface area contributed by atoms with E-state index in [-0.39, 0.29) is 6.04 Å². The molecule has 0 radical (unpaired) electrons. The van der Waals surface area contributed by atoms with Crippen LogP contribution < -0.4 is 10.1 Å². The second-order valence-corrected chi connectivity index (χ2v) is 5.23. The minimum absolute atomic E-state index is 0.244. The second-order valence-electron chi connectivity index (χ2n) is 5.23. The van der Waals surface area contributed by atoms with Gasteiger partial charge in [0.2, 0.25) is 0 Å². The van der Waals surface area contributed by atoms with E-state index in [1.807, 2.05) is 0 Å². The molecule has 1 aliphatic heterocycles. The molecule has 1 fully saturated rings. The summed E-state index contributed by atoms with van der Waals surface area (Å²) in [4.78, 5) is 0. The van der Waals surface area contributed by atoms with Gasteiger partial charge in [0, 0.05) is 19.5 Å². The molecule has 0 bridgehead atoms. The van der Waals surface area contributed by atoms with Crippen molar-refractivity contribution in [3.8, 4) is 5.75 Å². The number of aromatic nitrogens is 2. The quantitative estimate of drug-likeness (QED) is 0.896. The van der Waals surface area contributed by atoms with E-state index in [2.05, 4.69) is 10.4 Å². The van der Waals surface area contributed by atoms with Gasteiger partial charge in [-0.2, -0.15) is 5.10 Å². The van der Waals surface area contributed by atoms with Crippen LogP contribution in [0.3, 0.4) is 0 Å². The number of hydrogen-bond donors (Lipinski definition) is 1. The Morgan fingerprint density at radius 1 is 1.61 bits per heavy atom. The first kappa shape index (κ1) is 13.3. The fourth-order valence-electron chi connectivity index (χ4n) is 2.82. The van der Waals surface area contributed by atoms with Gasteiger partial charge in [0.15, 0.2) is 11.4 Å². The van der Waals surface area contributed by atoms with E-state index in [0.717, 1.165) is 13.0 Å². The normalized spacial score (nSPS) is 23.7. The van der Waals surface area contributed by atoms with Crippen molar-refractivity contribution >= 4 is 0 Å². The van der Waals surface area contributed by atoms with E-state index in [4.69, 9.17) is 4.74 Å². The molecule has 1 aromatic heterocycles. The Kier molecular flexibility index (Phi) is 3.90. The average molecular weight is 255 g/mol. The molecule has 0 spiro atoms. The van der Waals surface area contributed by atoms with Gasteiger partial charge >= 0.3 is 0 Å². The molecule has 4 nitrogen and oxygen atoms in total. The fraction of sp³-hybridized carbons (Fsp3) is 0.769. The van der Waals surface area contributed by atoms with Crippen molar-refractivity contribution in [1.29, 1.82) is 0 Å². The molecule has 0 saturated carbocycles. The van der Waals surface area contributed by atoms with Crippen molar-refractivity contribution in [1.82, 2.24) is 15.1 Å². The highest BCUT2D eigenvalue weighted by molar-refractivity contribution is 5.30. The van der Waals surface area contributed by atoms with Gasteiger partial charge in [0.25, 0.3) is 0 Å². The summed E-state index contributed by atoms with van der Waals surface area (Å²) in [5.41, 5.74) is -0.900. The third-order valence-corrected chi connectivity index (χ3v) is 3.66. The number of nitrogens with one attached hydrogen (secondary N) is 1. The number of ether oxygens (including phenoxy) is 1. The zero-order valence-electron chi connectivity index (χ0n) is 11.4. The Morgan fingerprint density at radius 3 is 3.00 bits per heavy atom. The summed E-state index contributed by atoms with van der Waals surface area (Å²) in [6, 6.07) is 0.244. The third kappa shape index (κ3) is 2.66. The van der Waals surface area contributed by atoms with Gasteiger partial charge in [-0.3, -0.25) is 4.68 Å². The number of halogens is 1. The van der Waals surface area contributed by atoms with Gasteiger partial charge in [-0.25, -0.2) is 4.39 Å². The van der Waals surface area contributed by atoms with Crippen LogP contribution >= 0.6 is 0 Å². The number of methoxy groups -OCH3 is 1. The van der Waals surface area contributed by atoms with Crippen LogP contribution in [0.2, 0.25) is 0 Å². The topological polar surface area (TPSA) is 39.1 Å². The van der Waals surface area contributed by atoms with Gasteiger partial charge in [0.1, 0.15) is 5.69 Å². The molecule has 102 valence electrons. The number of alkyl halides is 1. The molecule has 2 rings (SSSR count). The molecule has 18 heavy (non-hydrogen) atoms. The molecule has 2 heterocycles. The Bertz CT molecular complexity index is 397. The molecule has 0 aliphatic carbocycles. The highest BCUT2D eigenvalue weighted by Gasteiger charge is 2.36. The maximum absolute atomic E-state index is 15.0. The predicted molar refractivity (Wildman–Crippen MR) is 68.5 cm³/mol. The molecular formula is C13H22FN3O. The molecule has 1 aromatic rings. The van der Waals surface area contributed by atoms with Crippen molar-refractivity contribution in [2.45, 2.75) is 44.3 Å². The highest BCUT2D eigenvalue weighted by atomic mass is 19.1. The van der Waals surface area contributed by atoms with Gasteiger partial charge in [-0.05, 0) is 26.3 Å². The average Bonchev–Trinajstić information content (AvgIpc) is 2.72. The van der Waals surface area contributed by atoms with Gasteiger partial charge < -0.3 is 10.1 Å².